The number of amides is 3. The van der Waals surface area contributed by atoms with Crippen LogP contribution < -0.4 is 25.6 Å². The van der Waals surface area contributed by atoms with Crippen LogP contribution in [0.15, 0.2) is 18.2 Å². The Labute approximate surface area is 152 Å². The van der Waals surface area contributed by atoms with E-state index in [2.05, 4.69) is 16.2 Å². The number of methoxy groups -OCH3 is 2. The summed E-state index contributed by atoms with van der Waals surface area (Å²) in [7, 11) is 2.95. The average molecular weight is 367 g/mol. The van der Waals surface area contributed by atoms with E-state index in [0.29, 0.717) is 11.5 Å². The van der Waals surface area contributed by atoms with Crippen molar-refractivity contribution in [3.05, 3.63) is 23.8 Å². The summed E-state index contributed by atoms with van der Waals surface area (Å²) < 4.78 is 15.3. The first-order valence-electron chi connectivity index (χ1n) is 7.94. The predicted molar refractivity (Wildman–Crippen MR) is 94.0 cm³/mol. The summed E-state index contributed by atoms with van der Waals surface area (Å²) in [6.07, 6.45) is -0.634. The molecule has 1 rings (SSSR count). The SMILES string of the molecule is COc1ccc(C(=O)NNC(=O)CCNC(=O)OC(C)(C)C)cc1OC. The second kappa shape index (κ2) is 9.50. The number of hydrogen-bond acceptors (Lipinski definition) is 6. The Balaban J connectivity index is 2.40. The Morgan fingerprint density at radius 1 is 1.00 bits per heavy atom. The molecule has 9 heteroatoms. The molecule has 0 unspecified atom stereocenters. The maximum Gasteiger partial charge on any atom is 0.407 e. The fraction of sp³-hybridized carbons (Fsp3) is 0.471. The molecule has 0 aliphatic carbocycles. The Morgan fingerprint density at radius 3 is 2.23 bits per heavy atom. The van der Waals surface area contributed by atoms with Gasteiger partial charge in [-0.05, 0) is 39.0 Å². The third-order valence-electron chi connectivity index (χ3n) is 2.98. The topological polar surface area (TPSA) is 115 Å². The van der Waals surface area contributed by atoms with Crippen molar-refractivity contribution < 1.29 is 28.6 Å². The fourth-order valence-corrected chi connectivity index (χ4v) is 1.83. The molecule has 0 aliphatic rings. The van der Waals surface area contributed by atoms with Crippen LogP contribution in [0, 0.1) is 0 Å². The highest BCUT2D eigenvalue weighted by Crippen LogP contribution is 2.27. The molecule has 3 N–H and O–H groups in total. The molecule has 144 valence electrons. The summed E-state index contributed by atoms with van der Waals surface area (Å²) in [5.41, 5.74) is 4.23. The van der Waals surface area contributed by atoms with Crippen molar-refractivity contribution in [2.45, 2.75) is 32.8 Å². The maximum absolute atomic E-state index is 12.0. The zero-order chi connectivity index (χ0) is 19.7. The normalized spacial score (nSPS) is 10.5. The lowest BCUT2D eigenvalue weighted by atomic mass is 10.2. The van der Waals surface area contributed by atoms with E-state index in [1.54, 1.807) is 26.8 Å². The van der Waals surface area contributed by atoms with Gasteiger partial charge in [0.15, 0.2) is 11.5 Å². The second-order valence-corrected chi connectivity index (χ2v) is 6.25. The molecule has 26 heavy (non-hydrogen) atoms. The number of rotatable bonds is 6. The molecule has 0 radical (unpaired) electrons. The molecule has 0 bridgehead atoms. The van der Waals surface area contributed by atoms with Crippen LogP contribution in [0.2, 0.25) is 0 Å². The number of benzene rings is 1. The van der Waals surface area contributed by atoms with Crippen LogP contribution in [0.4, 0.5) is 4.79 Å². The Hall–Kier alpha value is -2.97. The molecule has 9 nitrogen and oxygen atoms in total. The van der Waals surface area contributed by atoms with Gasteiger partial charge in [-0.1, -0.05) is 0 Å². The van der Waals surface area contributed by atoms with Gasteiger partial charge in [-0.15, -0.1) is 0 Å². The molecular weight excluding hydrogens is 342 g/mol. The van der Waals surface area contributed by atoms with Crippen molar-refractivity contribution >= 4 is 17.9 Å². The van der Waals surface area contributed by atoms with Crippen molar-refractivity contribution in [2.24, 2.45) is 0 Å². The van der Waals surface area contributed by atoms with E-state index < -0.39 is 23.5 Å². The van der Waals surface area contributed by atoms with E-state index in [-0.39, 0.29) is 18.5 Å². The van der Waals surface area contributed by atoms with Crippen molar-refractivity contribution in [1.82, 2.24) is 16.2 Å². The van der Waals surface area contributed by atoms with Gasteiger partial charge < -0.3 is 19.5 Å². The summed E-state index contributed by atoms with van der Waals surface area (Å²) in [5, 5.41) is 2.45. The number of ether oxygens (including phenoxy) is 3. The van der Waals surface area contributed by atoms with Crippen LogP contribution in [0.25, 0.3) is 0 Å². The third kappa shape index (κ3) is 7.29. The van der Waals surface area contributed by atoms with Gasteiger partial charge in [0.05, 0.1) is 14.2 Å². The Bertz CT molecular complexity index is 654. The first-order valence-corrected chi connectivity index (χ1v) is 7.94. The van der Waals surface area contributed by atoms with Crippen molar-refractivity contribution in [3.8, 4) is 11.5 Å². The minimum atomic E-state index is -0.611. The molecule has 3 amide bonds. The molecule has 0 fully saturated rings. The molecule has 0 saturated carbocycles. The third-order valence-corrected chi connectivity index (χ3v) is 2.98. The van der Waals surface area contributed by atoms with Crippen LogP contribution >= 0.6 is 0 Å². The van der Waals surface area contributed by atoms with Crippen molar-refractivity contribution in [1.29, 1.82) is 0 Å². The van der Waals surface area contributed by atoms with Crippen molar-refractivity contribution in [3.63, 3.8) is 0 Å². The molecule has 1 aromatic rings. The summed E-state index contributed by atoms with van der Waals surface area (Å²) >= 11 is 0. The number of hydrogen-bond donors (Lipinski definition) is 3. The van der Waals surface area contributed by atoms with E-state index in [1.807, 2.05) is 0 Å². The first-order chi connectivity index (χ1) is 12.2. The van der Waals surface area contributed by atoms with E-state index in [1.165, 1.54) is 26.4 Å². The summed E-state index contributed by atoms with van der Waals surface area (Å²) in [5.74, 6) is -0.0939. The highest BCUT2D eigenvalue weighted by Gasteiger charge is 2.16. The lowest BCUT2D eigenvalue weighted by Gasteiger charge is -2.19. The summed E-state index contributed by atoms with van der Waals surface area (Å²) in [6.45, 7) is 5.29. The highest BCUT2D eigenvalue weighted by atomic mass is 16.6. The molecule has 0 atom stereocenters. The number of alkyl carbamates (subject to hydrolysis) is 1. The van der Waals surface area contributed by atoms with E-state index in [0.717, 1.165) is 0 Å². The standard InChI is InChI=1S/C17H25N3O6/c1-17(2,3)26-16(23)18-9-8-14(21)19-20-15(22)11-6-7-12(24-4)13(10-11)25-5/h6-7,10H,8-9H2,1-5H3,(H,18,23)(H,19,21)(H,20,22). The summed E-state index contributed by atoms with van der Waals surface area (Å²) in [4.78, 5) is 35.2. The minimum absolute atomic E-state index is 0.0224. The highest BCUT2D eigenvalue weighted by molar-refractivity contribution is 5.96. The Morgan fingerprint density at radius 2 is 1.65 bits per heavy atom. The van der Waals surface area contributed by atoms with Gasteiger partial charge in [-0.25, -0.2) is 4.79 Å². The largest absolute Gasteiger partial charge is 0.493 e. The van der Waals surface area contributed by atoms with Gasteiger partial charge in [0.2, 0.25) is 5.91 Å². The van der Waals surface area contributed by atoms with Crippen LogP contribution in [-0.2, 0) is 9.53 Å². The van der Waals surface area contributed by atoms with E-state index in [4.69, 9.17) is 14.2 Å². The summed E-state index contributed by atoms with van der Waals surface area (Å²) in [6, 6.07) is 4.61. The average Bonchev–Trinajstić information content (AvgIpc) is 2.57. The number of hydrazine groups is 1. The van der Waals surface area contributed by atoms with Gasteiger partial charge in [0, 0.05) is 18.5 Å². The minimum Gasteiger partial charge on any atom is -0.493 e. The van der Waals surface area contributed by atoms with Crippen molar-refractivity contribution in [2.75, 3.05) is 20.8 Å². The van der Waals surface area contributed by atoms with Gasteiger partial charge in [0.1, 0.15) is 5.60 Å². The zero-order valence-electron chi connectivity index (χ0n) is 15.6. The number of carbonyl (C=O) groups is 3. The Kier molecular flexibility index (Phi) is 7.70. The lowest BCUT2D eigenvalue weighted by Crippen LogP contribution is -2.43. The molecule has 0 aliphatic heterocycles. The molecule has 0 saturated heterocycles. The predicted octanol–water partition coefficient (Wildman–Crippen LogP) is 1.38. The van der Waals surface area contributed by atoms with Gasteiger partial charge in [-0.2, -0.15) is 0 Å². The molecular formula is C17H25N3O6. The number of carbonyl (C=O) groups excluding carboxylic acids is 3. The van der Waals surface area contributed by atoms with Gasteiger partial charge >= 0.3 is 6.09 Å². The van der Waals surface area contributed by atoms with E-state index in [9.17, 15) is 14.4 Å². The van der Waals surface area contributed by atoms with Crippen LogP contribution in [0.5, 0.6) is 11.5 Å². The fourth-order valence-electron chi connectivity index (χ4n) is 1.83. The maximum atomic E-state index is 12.0. The smallest absolute Gasteiger partial charge is 0.407 e. The van der Waals surface area contributed by atoms with E-state index >= 15 is 0 Å². The molecule has 0 aromatic heterocycles. The number of nitrogens with one attached hydrogen (secondary N) is 3. The lowest BCUT2D eigenvalue weighted by molar-refractivity contribution is -0.121. The molecule has 0 spiro atoms. The molecule has 1 aromatic carbocycles. The second-order valence-electron chi connectivity index (χ2n) is 6.25. The monoisotopic (exact) mass is 367 g/mol. The molecule has 0 heterocycles. The van der Waals surface area contributed by atoms with Crippen LogP contribution in [-0.4, -0.2) is 44.3 Å². The van der Waals surface area contributed by atoms with Gasteiger partial charge in [-0.3, -0.25) is 20.4 Å². The van der Waals surface area contributed by atoms with Crippen LogP contribution in [0.1, 0.15) is 37.6 Å². The zero-order valence-corrected chi connectivity index (χ0v) is 15.6. The van der Waals surface area contributed by atoms with Gasteiger partial charge in [0.25, 0.3) is 5.91 Å². The van der Waals surface area contributed by atoms with Crippen LogP contribution in [0.3, 0.4) is 0 Å². The first kappa shape index (κ1) is 21.1. The quantitative estimate of drug-likeness (QED) is 0.655.